The molecule has 1 atom stereocenters. The summed E-state index contributed by atoms with van der Waals surface area (Å²) >= 11 is 0. The molecule has 0 aliphatic carbocycles. The molecule has 0 bridgehead atoms. The predicted molar refractivity (Wildman–Crippen MR) is 116 cm³/mol. The Morgan fingerprint density at radius 3 is 2.62 bits per heavy atom. The van der Waals surface area contributed by atoms with Crippen LogP contribution in [0.3, 0.4) is 0 Å². The van der Waals surface area contributed by atoms with Gasteiger partial charge in [0, 0.05) is 25.9 Å². The van der Waals surface area contributed by atoms with Crippen LogP contribution in [0.1, 0.15) is 18.1 Å². The van der Waals surface area contributed by atoms with E-state index in [1.807, 2.05) is 0 Å². The molecule has 12 heteroatoms. The van der Waals surface area contributed by atoms with E-state index in [-0.39, 0.29) is 24.3 Å². The number of amides is 2. The van der Waals surface area contributed by atoms with Crippen molar-refractivity contribution in [3.63, 3.8) is 0 Å². The molecular weight excluding hydrogens is 448 g/mol. The lowest BCUT2D eigenvalue weighted by Crippen LogP contribution is -2.59. The van der Waals surface area contributed by atoms with Crippen LogP contribution >= 0.6 is 0 Å². The molecule has 0 saturated carbocycles. The van der Waals surface area contributed by atoms with Gasteiger partial charge in [0.05, 0.1) is 36.7 Å². The summed E-state index contributed by atoms with van der Waals surface area (Å²) < 4.78 is 31.3. The Kier molecular flexibility index (Phi) is 5.42. The molecule has 3 aromatic rings. The summed E-state index contributed by atoms with van der Waals surface area (Å²) in [5.41, 5.74) is 2.09. The number of nitrogens with one attached hydrogen (secondary N) is 1. The van der Waals surface area contributed by atoms with Gasteiger partial charge in [-0.1, -0.05) is 11.2 Å². The van der Waals surface area contributed by atoms with Crippen molar-refractivity contribution in [1.82, 2.24) is 29.9 Å². The Bertz CT molecular complexity index is 1240. The predicted octanol–water partition coefficient (Wildman–Crippen LogP) is 2.03. The molecular formula is C22H21F2N7O3. The van der Waals surface area contributed by atoms with Crippen LogP contribution in [0.25, 0.3) is 22.8 Å². The van der Waals surface area contributed by atoms with Crippen LogP contribution in [0.15, 0.2) is 41.1 Å². The molecule has 1 N–H and O–H groups in total. The monoisotopic (exact) mass is 469 g/mol. The van der Waals surface area contributed by atoms with Gasteiger partial charge in [-0.3, -0.25) is 9.59 Å². The highest BCUT2D eigenvalue weighted by molar-refractivity contribution is 5.85. The lowest BCUT2D eigenvalue weighted by Gasteiger charge is -2.38. The smallest absolute Gasteiger partial charge is 0.282 e. The Hall–Kier alpha value is -3.96. The van der Waals surface area contributed by atoms with Crippen LogP contribution in [0, 0.1) is 0 Å². The van der Waals surface area contributed by atoms with Gasteiger partial charge in [-0.15, -0.1) is 0 Å². The number of nitrogens with zero attached hydrogens (tertiary/aromatic N) is 6. The largest absolute Gasteiger partial charge is 0.360 e. The van der Waals surface area contributed by atoms with Crippen LogP contribution in [-0.2, 0) is 9.59 Å². The molecule has 2 amide bonds. The van der Waals surface area contributed by atoms with Crippen molar-refractivity contribution < 1.29 is 22.9 Å². The molecule has 2 fully saturated rings. The quantitative estimate of drug-likeness (QED) is 0.583. The molecule has 2 saturated heterocycles. The van der Waals surface area contributed by atoms with Crippen molar-refractivity contribution in [3.05, 3.63) is 42.3 Å². The summed E-state index contributed by atoms with van der Waals surface area (Å²) in [7, 11) is 1.76. The summed E-state index contributed by atoms with van der Waals surface area (Å²) in [6, 6.07) is 8.72. The van der Waals surface area contributed by atoms with Crippen LogP contribution in [0.5, 0.6) is 0 Å². The first-order chi connectivity index (χ1) is 16.3. The maximum absolute atomic E-state index is 12.9. The second-order valence-corrected chi connectivity index (χ2v) is 8.35. The number of likely N-dealkylation sites (tertiary alicyclic amines) is 2. The molecule has 5 heterocycles. The lowest BCUT2D eigenvalue weighted by molar-refractivity contribution is -0.163. The fourth-order valence-electron chi connectivity index (χ4n) is 3.92. The van der Waals surface area contributed by atoms with Gasteiger partial charge in [-0.2, -0.15) is 0 Å². The fraction of sp³-hybridized carbons (Fsp3) is 0.364. The molecule has 0 aromatic carbocycles. The number of pyridine rings is 1. The molecule has 5 rings (SSSR count). The highest BCUT2D eigenvalue weighted by Gasteiger charge is 2.46. The van der Waals surface area contributed by atoms with E-state index in [0.717, 1.165) is 4.90 Å². The van der Waals surface area contributed by atoms with E-state index in [9.17, 15) is 18.4 Å². The van der Waals surface area contributed by atoms with E-state index in [1.54, 1.807) is 42.3 Å². The minimum Gasteiger partial charge on any atom is -0.360 e. The highest BCUT2D eigenvalue weighted by Crippen LogP contribution is 2.31. The topological polar surface area (TPSA) is 117 Å². The second-order valence-electron chi connectivity index (χ2n) is 8.35. The van der Waals surface area contributed by atoms with Crippen LogP contribution in [-0.4, -0.2) is 80.9 Å². The average Bonchev–Trinajstić information content (AvgIpc) is 3.43. The van der Waals surface area contributed by atoms with Gasteiger partial charge < -0.3 is 19.6 Å². The van der Waals surface area contributed by atoms with Crippen molar-refractivity contribution in [2.24, 2.45) is 0 Å². The van der Waals surface area contributed by atoms with E-state index in [0.29, 0.717) is 41.5 Å². The van der Waals surface area contributed by atoms with E-state index in [4.69, 9.17) is 4.52 Å². The van der Waals surface area contributed by atoms with Crippen molar-refractivity contribution in [3.8, 4) is 22.8 Å². The second kappa shape index (κ2) is 8.43. The number of likely N-dealkylation sites (N-methyl/N-ethyl adjacent to an activating group) is 1. The molecule has 0 unspecified atom stereocenters. The standard InChI is InChI=1S/C22H21F2N7O3/c1-30-8-6-13(20(30)33)18-9-17(29-34-18)15-4-2-3-14(27-15)16-5-7-25-21(28-16)26-10-19(32)31-11-22(23,24)12-31/h2-5,7,9,13H,6,8,10-12H2,1H3,(H,25,26,28)/t13-/m0/s1. The third kappa shape index (κ3) is 4.30. The normalized spacial score (nSPS) is 19.3. The van der Waals surface area contributed by atoms with E-state index < -0.39 is 24.9 Å². The number of aromatic nitrogens is 4. The number of anilines is 1. The van der Waals surface area contributed by atoms with Crippen LogP contribution < -0.4 is 5.32 Å². The zero-order valence-electron chi connectivity index (χ0n) is 18.2. The maximum Gasteiger partial charge on any atom is 0.282 e. The zero-order chi connectivity index (χ0) is 23.9. The number of halogens is 2. The van der Waals surface area contributed by atoms with E-state index in [1.165, 1.54) is 6.20 Å². The van der Waals surface area contributed by atoms with Crippen molar-refractivity contribution in [2.75, 3.05) is 38.5 Å². The molecule has 3 aromatic heterocycles. The summed E-state index contributed by atoms with van der Waals surface area (Å²) in [6.07, 6.45) is 2.19. The Morgan fingerprint density at radius 1 is 1.18 bits per heavy atom. The maximum atomic E-state index is 12.9. The lowest BCUT2D eigenvalue weighted by atomic mass is 10.0. The third-order valence-electron chi connectivity index (χ3n) is 5.82. The first-order valence-electron chi connectivity index (χ1n) is 10.7. The Labute approximate surface area is 193 Å². The number of alkyl halides is 2. The fourth-order valence-corrected chi connectivity index (χ4v) is 3.92. The Balaban J connectivity index is 1.28. The number of carbonyl (C=O) groups excluding carboxylic acids is 2. The third-order valence-corrected chi connectivity index (χ3v) is 5.82. The minimum atomic E-state index is -2.81. The van der Waals surface area contributed by atoms with Crippen LogP contribution in [0.2, 0.25) is 0 Å². The van der Waals surface area contributed by atoms with Crippen molar-refractivity contribution in [1.29, 1.82) is 0 Å². The molecule has 2 aliphatic heterocycles. The number of hydrogen-bond acceptors (Lipinski definition) is 8. The minimum absolute atomic E-state index is 0.00623. The number of carbonyl (C=O) groups is 2. The molecule has 34 heavy (non-hydrogen) atoms. The first kappa shape index (κ1) is 21.9. The van der Waals surface area contributed by atoms with E-state index >= 15 is 0 Å². The van der Waals surface area contributed by atoms with E-state index in [2.05, 4.69) is 25.4 Å². The van der Waals surface area contributed by atoms with Gasteiger partial charge in [0.1, 0.15) is 17.4 Å². The van der Waals surface area contributed by atoms with Gasteiger partial charge >= 0.3 is 0 Å². The van der Waals surface area contributed by atoms with Gasteiger partial charge in [0.15, 0.2) is 0 Å². The summed E-state index contributed by atoms with van der Waals surface area (Å²) in [5.74, 6) is -2.90. The molecule has 0 radical (unpaired) electrons. The average molecular weight is 469 g/mol. The zero-order valence-corrected chi connectivity index (χ0v) is 18.2. The van der Waals surface area contributed by atoms with Crippen LogP contribution in [0.4, 0.5) is 14.7 Å². The number of hydrogen-bond donors (Lipinski definition) is 1. The van der Waals surface area contributed by atoms with Crippen molar-refractivity contribution in [2.45, 2.75) is 18.3 Å². The summed E-state index contributed by atoms with van der Waals surface area (Å²) in [4.78, 5) is 40.0. The van der Waals surface area contributed by atoms with Gasteiger partial charge in [0.25, 0.3) is 5.92 Å². The molecule has 2 aliphatic rings. The van der Waals surface area contributed by atoms with Gasteiger partial charge in [-0.25, -0.2) is 23.7 Å². The summed E-state index contributed by atoms with van der Waals surface area (Å²) in [6.45, 7) is -0.655. The SMILES string of the molecule is CN1CC[C@@H](c2cc(-c3cccc(-c4ccnc(NCC(=O)N5CC(F)(F)C5)n4)n3)no2)C1=O. The Morgan fingerprint density at radius 2 is 1.91 bits per heavy atom. The van der Waals surface area contributed by atoms with Gasteiger partial charge in [0.2, 0.25) is 17.8 Å². The summed E-state index contributed by atoms with van der Waals surface area (Å²) in [5, 5.41) is 6.85. The molecule has 0 spiro atoms. The first-order valence-corrected chi connectivity index (χ1v) is 10.7. The van der Waals surface area contributed by atoms with Gasteiger partial charge in [-0.05, 0) is 24.6 Å². The number of rotatable bonds is 6. The molecule has 10 nitrogen and oxygen atoms in total. The molecule has 176 valence electrons. The highest BCUT2D eigenvalue weighted by atomic mass is 19.3. The van der Waals surface area contributed by atoms with Crippen molar-refractivity contribution >= 4 is 17.8 Å².